The minimum atomic E-state index is -0.436. The average molecular weight is 305 g/mol. The van der Waals surface area contributed by atoms with Crippen LogP contribution in [0.3, 0.4) is 0 Å². The highest BCUT2D eigenvalue weighted by Gasteiger charge is 2.09. The molecule has 0 unspecified atom stereocenters. The molecule has 4 nitrogen and oxygen atoms in total. The maximum atomic E-state index is 10.8. The molecule has 0 saturated carbocycles. The molecule has 2 rings (SSSR count). The summed E-state index contributed by atoms with van der Waals surface area (Å²) in [6.07, 6.45) is 6.33. The molecule has 0 aliphatic carbocycles. The summed E-state index contributed by atoms with van der Waals surface area (Å²) in [6, 6.07) is 9.30. The Bertz CT molecular complexity index is 594. The summed E-state index contributed by atoms with van der Waals surface area (Å²) in [4.78, 5) is 14.1. The van der Waals surface area contributed by atoms with Crippen LogP contribution in [0.4, 0.5) is 5.69 Å². The van der Waals surface area contributed by atoms with Crippen molar-refractivity contribution in [1.82, 2.24) is 4.98 Å². The Morgan fingerprint density at radius 2 is 1.89 bits per heavy atom. The molecule has 0 bridgehead atoms. The standard InChI is InChI=1S/C13H9BrN2O2/c14-12-5-2-10(3-6-12)1-4-11-7-8-15-9-13(11)16(17)18/h1-9H/b4-1+. The van der Waals surface area contributed by atoms with Crippen molar-refractivity contribution in [2.45, 2.75) is 0 Å². The maximum absolute atomic E-state index is 10.8. The van der Waals surface area contributed by atoms with Crippen LogP contribution < -0.4 is 0 Å². The first-order valence-electron chi connectivity index (χ1n) is 5.19. The Kier molecular flexibility index (Phi) is 3.84. The zero-order chi connectivity index (χ0) is 13.0. The highest BCUT2D eigenvalue weighted by atomic mass is 79.9. The van der Waals surface area contributed by atoms with E-state index in [2.05, 4.69) is 20.9 Å². The summed E-state index contributed by atoms with van der Waals surface area (Å²) in [5.74, 6) is 0. The summed E-state index contributed by atoms with van der Waals surface area (Å²) in [5.41, 5.74) is 1.52. The molecule has 1 aromatic heterocycles. The van der Waals surface area contributed by atoms with E-state index in [9.17, 15) is 10.1 Å². The summed E-state index contributed by atoms with van der Waals surface area (Å²) in [6.45, 7) is 0. The molecule has 0 aliphatic rings. The topological polar surface area (TPSA) is 56.0 Å². The van der Waals surface area contributed by atoms with Gasteiger partial charge in [-0.05, 0) is 29.8 Å². The molecule has 0 fully saturated rings. The highest BCUT2D eigenvalue weighted by molar-refractivity contribution is 9.10. The van der Waals surface area contributed by atoms with E-state index in [1.807, 2.05) is 30.3 Å². The smallest absolute Gasteiger partial charge is 0.258 e. The third kappa shape index (κ3) is 3.01. The van der Waals surface area contributed by atoms with Gasteiger partial charge in [0, 0.05) is 10.7 Å². The fourth-order valence-corrected chi connectivity index (χ4v) is 1.71. The van der Waals surface area contributed by atoms with Gasteiger partial charge >= 0.3 is 0 Å². The number of hydrogen-bond acceptors (Lipinski definition) is 3. The first-order chi connectivity index (χ1) is 8.66. The van der Waals surface area contributed by atoms with Crippen LogP contribution in [-0.4, -0.2) is 9.91 Å². The van der Waals surface area contributed by atoms with Crippen molar-refractivity contribution >= 4 is 33.8 Å². The Labute approximate surface area is 112 Å². The van der Waals surface area contributed by atoms with Gasteiger partial charge in [0.25, 0.3) is 5.69 Å². The molecule has 0 N–H and O–H groups in total. The van der Waals surface area contributed by atoms with E-state index in [1.54, 1.807) is 12.1 Å². The molecule has 0 aliphatic heterocycles. The van der Waals surface area contributed by atoms with Gasteiger partial charge < -0.3 is 0 Å². The second-order valence-electron chi connectivity index (χ2n) is 3.58. The van der Waals surface area contributed by atoms with Gasteiger partial charge in [0.15, 0.2) is 0 Å². The van der Waals surface area contributed by atoms with Gasteiger partial charge in [-0.2, -0.15) is 0 Å². The number of rotatable bonds is 3. The molecule has 1 aromatic carbocycles. The first-order valence-corrected chi connectivity index (χ1v) is 5.98. The first kappa shape index (κ1) is 12.4. The average Bonchev–Trinajstić information content (AvgIpc) is 2.38. The monoisotopic (exact) mass is 304 g/mol. The Morgan fingerprint density at radius 3 is 2.56 bits per heavy atom. The number of nitrogens with zero attached hydrogens (tertiary/aromatic N) is 2. The van der Waals surface area contributed by atoms with E-state index in [0.29, 0.717) is 5.56 Å². The zero-order valence-electron chi connectivity index (χ0n) is 9.29. The van der Waals surface area contributed by atoms with Crippen molar-refractivity contribution in [3.63, 3.8) is 0 Å². The van der Waals surface area contributed by atoms with Gasteiger partial charge in [0.2, 0.25) is 0 Å². The molecular formula is C13H9BrN2O2. The lowest BCUT2D eigenvalue weighted by atomic mass is 10.1. The highest BCUT2D eigenvalue weighted by Crippen LogP contribution is 2.19. The van der Waals surface area contributed by atoms with Crippen LogP contribution >= 0.6 is 15.9 Å². The van der Waals surface area contributed by atoms with Gasteiger partial charge in [-0.15, -0.1) is 0 Å². The molecule has 0 amide bonds. The number of aromatic nitrogens is 1. The predicted molar refractivity (Wildman–Crippen MR) is 74.0 cm³/mol. The van der Waals surface area contributed by atoms with Gasteiger partial charge in [-0.1, -0.05) is 34.1 Å². The zero-order valence-corrected chi connectivity index (χ0v) is 10.9. The minimum absolute atomic E-state index is 0.00543. The van der Waals surface area contributed by atoms with Crippen molar-refractivity contribution in [2.24, 2.45) is 0 Å². The minimum Gasteiger partial charge on any atom is -0.258 e. The van der Waals surface area contributed by atoms with Gasteiger partial charge in [-0.3, -0.25) is 15.1 Å². The van der Waals surface area contributed by atoms with Crippen LogP contribution in [0, 0.1) is 10.1 Å². The Morgan fingerprint density at radius 1 is 1.17 bits per heavy atom. The van der Waals surface area contributed by atoms with E-state index in [1.165, 1.54) is 12.4 Å². The Balaban J connectivity index is 2.29. The summed E-state index contributed by atoms with van der Waals surface area (Å²) in [5, 5.41) is 10.8. The lowest BCUT2D eigenvalue weighted by molar-refractivity contribution is -0.385. The molecule has 0 saturated heterocycles. The van der Waals surface area contributed by atoms with E-state index in [4.69, 9.17) is 0 Å². The third-order valence-electron chi connectivity index (χ3n) is 2.35. The summed E-state index contributed by atoms with van der Waals surface area (Å²) < 4.78 is 0.995. The number of pyridine rings is 1. The molecule has 5 heteroatoms. The van der Waals surface area contributed by atoms with Crippen LogP contribution in [-0.2, 0) is 0 Å². The van der Waals surface area contributed by atoms with Gasteiger partial charge in [0.1, 0.15) is 6.20 Å². The van der Waals surface area contributed by atoms with E-state index in [-0.39, 0.29) is 5.69 Å². The number of nitro groups is 1. The summed E-state index contributed by atoms with van der Waals surface area (Å²) >= 11 is 3.35. The van der Waals surface area contributed by atoms with Crippen molar-refractivity contribution < 1.29 is 4.92 Å². The summed E-state index contributed by atoms with van der Waals surface area (Å²) in [7, 11) is 0. The molecule has 18 heavy (non-hydrogen) atoms. The van der Waals surface area contributed by atoms with Gasteiger partial charge in [0.05, 0.1) is 10.5 Å². The number of hydrogen-bond donors (Lipinski definition) is 0. The fourth-order valence-electron chi connectivity index (χ4n) is 1.45. The molecule has 0 spiro atoms. The number of benzene rings is 1. The Hall–Kier alpha value is -2.01. The molecular weight excluding hydrogens is 296 g/mol. The molecule has 1 heterocycles. The fraction of sp³-hybridized carbons (Fsp3) is 0. The number of halogens is 1. The second-order valence-corrected chi connectivity index (χ2v) is 4.49. The predicted octanol–water partition coefficient (Wildman–Crippen LogP) is 3.92. The third-order valence-corrected chi connectivity index (χ3v) is 2.88. The van der Waals surface area contributed by atoms with Crippen molar-refractivity contribution in [1.29, 1.82) is 0 Å². The molecule has 0 radical (unpaired) electrons. The van der Waals surface area contributed by atoms with Crippen LogP contribution in [0.2, 0.25) is 0 Å². The van der Waals surface area contributed by atoms with E-state index < -0.39 is 4.92 Å². The van der Waals surface area contributed by atoms with Crippen LogP contribution in [0.15, 0.2) is 47.2 Å². The van der Waals surface area contributed by atoms with Gasteiger partial charge in [-0.25, -0.2) is 0 Å². The quantitative estimate of drug-likeness (QED) is 0.638. The van der Waals surface area contributed by atoms with Crippen molar-refractivity contribution in [3.05, 3.63) is 68.4 Å². The molecule has 0 atom stereocenters. The van der Waals surface area contributed by atoms with Crippen molar-refractivity contribution in [3.8, 4) is 0 Å². The molecule has 2 aromatic rings. The van der Waals surface area contributed by atoms with Crippen LogP contribution in [0.1, 0.15) is 11.1 Å². The molecule has 90 valence electrons. The van der Waals surface area contributed by atoms with E-state index >= 15 is 0 Å². The normalized spacial score (nSPS) is 10.7. The maximum Gasteiger partial charge on any atom is 0.294 e. The van der Waals surface area contributed by atoms with Crippen LogP contribution in [0.25, 0.3) is 12.2 Å². The largest absolute Gasteiger partial charge is 0.294 e. The second kappa shape index (κ2) is 5.55. The SMILES string of the molecule is O=[N+]([O-])c1cnccc1/C=C/c1ccc(Br)cc1. The lowest BCUT2D eigenvalue weighted by Crippen LogP contribution is -1.91. The van der Waals surface area contributed by atoms with Crippen molar-refractivity contribution in [2.75, 3.05) is 0 Å². The lowest BCUT2D eigenvalue weighted by Gasteiger charge is -1.97. The van der Waals surface area contributed by atoms with Crippen LogP contribution in [0.5, 0.6) is 0 Å². The van der Waals surface area contributed by atoms with E-state index in [0.717, 1.165) is 10.0 Å².